The molecular formula is C16H23FN2O2. The molecule has 1 aromatic carbocycles. The van der Waals surface area contributed by atoms with Crippen molar-refractivity contribution in [2.24, 2.45) is 0 Å². The van der Waals surface area contributed by atoms with Crippen molar-refractivity contribution in [2.45, 2.75) is 38.6 Å². The number of rotatable bonds is 5. The number of carbonyl (C=O) groups excluding carboxylic acids is 1. The number of hydrogen-bond acceptors (Lipinski definition) is 2. The SMILES string of the molecule is CCC1CCCCN1C(=O)NCCOc1ccc(F)cc1. The van der Waals surface area contributed by atoms with Crippen molar-refractivity contribution in [3.63, 3.8) is 0 Å². The molecule has 1 atom stereocenters. The van der Waals surface area contributed by atoms with Crippen LogP contribution in [-0.4, -0.2) is 36.7 Å². The van der Waals surface area contributed by atoms with Crippen LogP contribution in [0.25, 0.3) is 0 Å². The lowest BCUT2D eigenvalue weighted by molar-refractivity contribution is 0.147. The minimum absolute atomic E-state index is 0.00995. The molecule has 1 aliphatic heterocycles. The molecular weight excluding hydrogens is 271 g/mol. The van der Waals surface area contributed by atoms with Gasteiger partial charge < -0.3 is 15.0 Å². The second-order valence-corrected chi connectivity index (χ2v) is 5.29. The van der Waals surface area contributed by atoms with Crippen molar-refractivity contribution in [1.82, 2.24) is 10.2 Å². The van der Waals surface area contributed by atoms with Gasteiger partial charge >= 0.3 is 6.03 Å². The number of urea groups is 1. The van der Waals surface area contributed by atoms with Crippen molar-refractivity contribution in [2.75, 3.05) is 19.7 Å². The minimum Gasteiger partial charge on any atom is -0.492 e. The lowest BCUT2D eigenvalue weighted by atomic mass is 10.0. The van der Waals surface area contributed by atoms with E-state index in [-0.39, 0.29) is 11.8 Å². The Hall–Kier alpha value is -1.78. The number of halogens is 1. The molecule has 4 nitrogen and oxygen atoms in total. The van der Waals surface area contributed by atoms with Gasteiger partial charge in [-0.15, -0.1) is 0 Å². The zero-order valence-corrected chi connectivity index (χ0v) is 12.5. The number of likely N-dealkylation sites (tertiary alicyclic amines) is 1. The molecule has 1 unspecified atom stereocenters. The molecule has 1 aliphatic rings. The first-order valence-corrected chi connectivity index (χ1v) is 7.63. The van der Waals surface area contributed by atoms with Crippen LogP contribution in [0.15, 0.2) is 24.3 Å². The molecule has 0 aliphatic carbocycles. The van der Waals surface area contributed by atoms with E-state index in [1.807, 2.05) is 4.90 Å². The van der Waals surface area contributed by atoms with E-state index in [0.29, 0.717) is 24.9 Å². The van der Waals surface area contributed by atoms with Crippen LogP contribution in [0.2, 0.25) is 0 Å². The van der Waals surface area contributed by atoms with E-state index in [4.69, 9.17) is 4.74 Å². The number of benzene rings is 1. The van der Waals surface area contributed by atoms with Gasteiger partial charge in [-0.1, -0.05) is 6.92 Å². The number of hydrogen-bond donors (Lipinski definition) is 1. The van der Waals surface area contributed by atoms with Gasteiger partial charge in [-0.25, -0.2) is 9.18 Å². The van der Waals surface area contributed by atoms with Gasteiger partial charge in [-0.2, -0.15) is 0 Å². The lowest BCUT2D eigenvalue weighted by Gasteiger charge is -2.35. The van der Waals surface area contributed by atoms with Crippen molar-refractivity contribution in [1.29, 1.82) is 0 Å². The monoisotopic (exact) mass is 294 g/mol. The Kier molecular flexibility index (Phi) is 5.84. The smallest absolute Gasteiger partial charge is 0.317 e. The summed E-state index contributed by atoms with van der Waals surface area (Å²) < 4.78 is 18.2. The summed E-state index contributed by atoms with van der Waals surface area (Å²) in [4.78, 5) is 14.1. The molecule has 1 saturated heterocycles. The van der Waals surface area contributed by atoms with Crippen LogP contribution in [-0.2, 0) is 0 Å². The quantitative estimate of drug-likeness (QED) is 0.847. The fraction of sp³-hybridized carbons (Fsp3) is 0.562. The Morgan fingerprint density at radius 2 is 2.14 bits per heavy atom. The first-order chi connectivity index (χ1) is 10.2. The van der Waals surface area contributed by atoms with Crippen LogP contribution in [0.3, 0.4) is 0 Å². The summed E-state index contributed by atoms with van der Waals surface area (Å²) in [6.07, 6.45) is 4.38. The highest BCUT2D eigenvalue weighted by Crippen LogP contribution is 2.19. The maximum absolute atomic E-state index is 12.7. The normalized spacial score (nSPS) is 18.4. The Morgan fingerprint density at radius 1 is 1.38 bits per heavy atom. The number of carbonyl (C=O) groups is 1. The molecule has 1 heterocycles. The van der Waals surface area contributed by atoms with Crippen molar-refractivity contribution < 1.29 is 13.9 Å². The summed E-state index contributed by atoms with van der Waals surface area (Å²) in [5.74, 6) is 0.321. The number of nitrogens with zero attached hydrogens (tertiary/aromatic N) is 1. The predicted octanol–water partition coefficient (Wildman–Crippen LogP) is 3.18. The third-order valence-corrected chi connectivity index (χ3v) is 3.82. The summed E-state index contributed by atoms with van der Waals surface area (Å²) in [5.41, 5.74) is 0. The zero-order valence-electron chi connectivity index (χ0n) is 12.5. The van der Waals surface area contributed by atoms with Gasteiger partial charge in [-0.05, 0) is 49.9 Å². The van der Waals surface area contributed by atoms with Crippen LogP contribution in [0.1, 0.15) is 32.6 Å². The van der Waals surface area contributed by atoms with Crippen LogP contribution >= 0.6 is 0 Å². The second kappa shape index (κ2) is 7.86. The fourth-order valence-electron chi connectivity index (χ4n) is 2.65. The van der Waals surface area contributed by atoms with Crippen molar-refractivity contribution in [3.8, 4) is 5.75 Å². The molecule has 0 spiro atoms. The molecule has 0 radical (unpaired) electrons. The van der Waals surface area contributed by atoms with Crippen molar-refractivity contribution in [3.05, 3.63) is 30.1 Å². The average Bonchev–Trinajstić information content (AvgIpc) is 2.53. The lowest BCUT2D eigenvalue weighted by Crippen LogP contribution is -2.49. The summed E-state index contributed by atoms with van der Waals surface area (Å²) >= 11 is 0. The molecule has 1 fully saturated rings. The van der Waals surface area contributed by atoms with E-state index in [1.165, 1.54) is 18.6 Å². The molecule has 0 bridgehead atoms. The van der Waals surface area contributed by atoms with Crippen LogP contribution in [0.5, 0.6) is 5.75 Å². The molecule has 5 heteroatoms. The number of piperidine rings is 1. The molecule has 2 amide bonds. The third kappa shape index (κ3) is 4.62. The predicted molar refractivity (Wildman–Crippen MR) is 79.9 cm³/mol. The molecule has 116 valence electrons. The van der Waals surface area contributed by atoms with E-state index in [1.54, 1.807) is 12.1 Å². The largest absolute Gasteiger partial charge is 0.492 e. The van der Waals surface area contributed by atoms with E-state index in [0.717, 1.165) is 25.8 Å². The molecule has 21 heavy (non-hydrogen) atoms. The Balaban J connectivity index is 1.70. The van der Waals surface area contributed by atoms with E-state index in [2.05, 4.69) is 12.2 Å². The molecule has 2 rings (SSSR count). The van der Waals surface area contributed by atoms with Crippen LogP contribution < -0.4 is 10.1 Å². The van der Waals surface area contributed by atoms with Crippen LogP contribution in [0, 0.1) is 5.82 Å². The van der Waals surface area contributed by atoms with Gasteiger partial charge in [0, 0.05) is 12.6 Å². The Morgan fingerprint density at radius 3 is 2.86 bits per heavy atom. The molecule has 0 aromatic heterocycles. The highest BCUT2D eigenvalue weighted by Gasteiger charge is 2.24. The highest BCUT2D eigenvalue weighted by molar-refractivity contribution is 5.74. The van der Waals surface area contributed by atoms with Gasteiger partial charge in [0.05, 0.1) is 6.54 Å². The third-order valence-electron chi connectivity index (χ3n) is 3.82. The Bertz CT molecular complexity index is 450. The number of amides is 2. The van der Waals surface area contributed by atoms with Gasteiger partial charge in [0.1, 0.15) is 18.2 Å². The zero-order chi connectivity index (χ0) is 15.1. The first kappa shape index (κ1) is 15.6. The Labute approximate surface area is 125 Å². The summed E-state index contributed by atoms with van der Waals surface area (Å²) in [5, 5.41) is 2.89. The molecule has 1 aromatic rings. The second-order valence-electron chi connectivity index (χ2n) is 5.29. The molecule has 0 saturated carbocycles. The molecule has 1 N–H and O–H groups in total. The highest BCUT2D eigenvalue weighted by atomic mass is 19.1. The van der Waals surface area contributed by atoms with Gasteiger partial charge in [0.2, 0.25) is 0 Å². The summed E-state index contributed by atoms with van der Waals surface area (Å²) in [6.45, 7) is 3.78. The van der Waals surface area contributed by atoms with Crippen LogP contribution in [0.4, 0.5) is 9.18 Å². The first-order valence-electron chi connectivity index (χ1n) is 7.63. The summed E-state index contributed by atoms with van der Waals surface area (Å²) in [7, 11) is 0. The number of ether oxygens (including phenoxy) is 1. The maximum atomic E-state index is 12.7. The topological polar surface area (TPSA) is 41.6 Å². The van der Waals surface area contributed by atoms with Gasteiger partial charge in [0.15, 0.2) is 0 Å². The average molecular weight is 294 g/mol. The van der Waals surface area contributed by atoms with Gasteiger partial charge in [0.25, 0.3) is 0 Å². The standard InChI is InChI=1S/C16H23FN2O2/c1-2-14-5-3-4-11-19(14)16(20)18-10-12-21-15-8-6-13(17)7-9-15/h6-9,14H,2-5,10-12H2,1H3,(H,18,20). The van der Waals surface area contributed by atoms with Crippen molar-refractivity contribution >= 4 is 6.03 Å². The summed E-state index contributed by atoms with van der Waals surface area (Å²) in [6, 6.07) is 6.21. The number of nitrogens with one attached hydrogen (secondary N) is 1. The maximum Gasteiger partial charge on any atom is 0.317 e. The fourth-order valence-corrected chi connectivity index (χ4v) is 2.65. The van der Waals surface area contributed by atoms with Gasteiger partial charge in [-0.3, -0.25) is 0 Å². The minimum atomic E-state index is -0.286. The van der Waals surface area contributed by atoms with E-state index >= 15 is 0 Å². The van der Waals surface area contributed by atoms with E-state index < -0.39 is 0 Å². The van der Waals surface area contributed by atoms with E-state index in [9.17, 15) is 9.18 Å².